The molecule has 0 aliphatic heterocycles. The molecule has 0 amide bonds. The van der Waals surface area contributed by atoms with Crippen LogP contribution in [0.15, 0.2) is 24.3 Å². The molecule has 0 saturated heterocycles. The molecule has 1 aromatic carbocycles. The summed E-state index contributed by atoms with van der Waals surface area (Å²) in [6.45, 7) is 0. The highest BCUT2D eigenvalue weighted by molar-refractivity contribution is 7.07. The number of halogens is 2. The van der Waals surface area contributed by atoms with Gasteiger partial charge in [0.25, 0.3) is 0 Å². The van der Waals surface area contributed by atoms with Crippen molar-refractivity contribution in [3.8, 4) is 0 Å². The molecule has 0 spiro atoms. The van der Waals surface area contributed by atoms with Gasteiger partial charge in [-0.15, -0.1) is 0 Å². The third-order valence-corrected chi connectivity index (χ3v) is 3.88. The average Bonchev–Trinajstić information content (AvgIpc) is 2.04. The zero-order valence-corrected chi connectivity index (χ0v) is 8.58. The van der Waals surface area contributed by atoms with Crippen LogP contribution in [0.5, 0.6) is 0 Å². The Hall–Kier alpha value is 0.234. The average molecular weight is 203 g/mol. The van der Waals surface area contributed by atoms with Gasteiger partial charge >= 0.3 is 0 Å². The summed E-state index contributed by atoms with van der Waals surface area (Å²) < 4.78 is 0. The van der Waals surface area contributed by atoms with Crippen molar-refractivity contribution in [1.29, 1.82) is 0 Å². The van der Waals surface area contributed by atoms with Gasteiger partial charge in [0.1, 0.15) is 0 Å². The van der Waals surface area contributed by atoms with E-state index in [1.165, 1.54) is 0 Å². The topological polar surface area (TPSA) is 0 Å². The predicted octanol–water partition coefficient (Wildman–Crippen LogP) is 0.653. The monoisotopic (exact) mass is 202 g/mol. The van der Waals surface area contributed by atoms with Crippen LogP contribution in [-0.4, -0.2) is 17.7 Å². The van der Waals surface area contributed by atoms with E-state index in [1.54, 1.807) is 0 Å². The van der Waals surface area contributed by atoms with Crippen molar-refractivity contribution in [1.82, 2.24) is 0 Å². The largest absolute Gasteiger partial charge is 0.210 e. The molecule has 0 nitrogen and oxygen atoms in total. The van der Waals surface area contributed by atoms with Crippen LogP contribution < -0.4 is 10.4 Å². The van der Waals surface area contributed by atoms with Crippen LogP contribution in [0.2, 0.25) is 0 Å². The van der Waals surface area contributed by atoms with Crippen molar-refractivity contribution in [2.24, 2.45) is 0 Å². The van der Waals surface area contributed by atoms with Crippen molar-refractivity contribution in [3.63, 3.8) is 0 Å². The highest BCUT2D eigenvalue weighted by Gasteiger charge is 1.99. The molecule has 0 saturated carbocycles. The molecule has 1 aromatic rings. The van der Waals surface area contributed by atoms with Crippen LogP contribution in [-0.2, 0) is 0 Å². The summed E-state index contributed by atoms with van der Waals surface area (Å²) in [5.41, 5.74) is 0. The maximum Gasteiger partial charge on any atom is 0.210 e. The lowest BCUT2D eigenvalue weighted by Gasteiger charge is -1.98. The molecule has 0 aliphatic rings. The zero-order chi connectivity index (χ0) is 7.40. The molecule has 0 aliphatic carbocycles. The van der Waals surface area contributed by atoms with Gasteiger partial charge < -0.3 is 0 Å². The number of rotatable bonds is 2. The lowest BCUT2D eigenvalue weighted by atomic mass is 10.4. The first-order chi connectivity index (χ1) is 4.88. The van der Waals surface area contributed by atoms with Gasteiger partial charge in [-0.3, -0.25) is 0 Å². The van der Waals surface area contributed by atoms with Crippen LogP contribution >= 0.6 is 22.2 Å². The first-order valence-corrected chi connectivity index (χ1v) is 6.73. The summed E-state index contributed by atoms with van der Waals surface area (Å²) in [6.07, 6.45) is 0. The van der Waals surface area contributed by atoms with Crippen LogP contribution in [0.25, 0.3) is 0 Å². The van der Waals surface area contributed by atoms with E-state index in [-0.39, 0.29) is 0 Å². The van der Waals surface area contributed by atoms with E-state index in [2.05, 4.69) is 0 Å². The fourth-order valence-corrected chi connectivity index (χ4v) is 3.18. The summed E-state index contributed by atoms with van der Waals surface area (Å²) in [5.74, 6) is 0. The van der Waals surface area contributed by atoms with Gasteiger partial charge in [-0.1, -0.05) is 24.3 Å². The van der Waals surface area contributed by atoms with E-state index in [9.17, 15) is 0 Å². The normalized spacial score (nSPS) is 9.80. The number of benzene rings is 1. The van der Waals surface area contributed by atoms with E-state index in [0.29, 0.717) is 17.7 Å². The molecular weight excluding hydrogens is 199 g/mol. The van der Waals surface area contributed by atoms with Gasteiger partial charge in [-0.2, -0.15) is 22.2 Å². The Balaban J connectivity index is 2.96. The van der Waals surface area contributed by atoms with E-state index < -0.39 is 0 Å². The Bertz CT molecular complexity index is 192. The second-order valence-electron chi connectivity index (χ2n) is 1.73. The van der Waals surface area contributed by atoms with Gasteiger partial charge in [0.05, 0.1) is 0 Å². The molecule has 0 bridgehead atoms. The van der Waals surface area contributed by atoms with Crippen LogP contribution in [0.3, 0.4) is 0 Å². The molecule has 0 fully saturated rings. The standard InChI is InChI=1S/C6H4Cl2Si2/c7-9-5-3-1-2-4-6(5)10-8/h1-4H. The summed E-state index contributed by atoms with van der Waals surface area (Å²) >= 11 is 11.4. The van der Waals surface area contributed by atoms with Crippen LogP contribution in [0.4, 0.5) is 0 Å². The summed E-state index contributed by atoms with van der Waals surface area (Å²) in [4.78, 5) is 0. The second-order valence-corrected chi connectivity index (χ2v) is 4.32. The fraction of sp³-hybridized carbons (Fsp3) is 0. The van der Waals surface area contributed by atoms with Crippen molar-refractivity contribution < 1.29 is 0 Å². The predicted molar refractivity (Wildman–Crippen MR) is 48.9 cm³/mol. The summed E-state index contributed by atoms with van der Waals surface area (Å²) in [5, 5.41) is 2.33. The lowest BCUT2D eigenvalue weighted by Crippen LogP contribution is -2.31. The van der Waals surface area contributed by atoms with Crippen molar-refractivity contribution in [2.75, 3.05) is 0 Å². The highest BCUT2D eigenvalue weighted by atomic mass is 35.6. The Morgan fingerprint density at radius 3 is 1.60 bits per heavy atom. The van der Waals surface area contributed by atoms with Gasteiger partial charge in [0.15, 0.2) is 0 Å². The third-order valence-electron chi connectivity index (χ3n) is 1.13. The van der Waals surface area contributed by atoms with E-state index in [4.69, 9.17) is 22.2 Å². The Labute approximate surface area is 74.6 Å². The Morgan fingerprint density at radius 1 is 0.900 bits per heavy atom. The lowest BCUT2D eigenvalue weighted by molar-refractivity contribution is 1.82. The van der Waals surface area contributed by atoms with Crippen molar-refractivity contribution in [2.45, 2.75) is 0 Å². The highest BCUT2D eigenvalue weighted by Crippen LogP contribution is 1.82. The SMILES string of the molecule is Cl[Si]c1ccccc1[Si]Cl. The van der Waals surface area contributed by atoms with E-state index in [1.807, 2.05) is 24.3 Å². The van der Waals surface area contributed by atoms with Gasteiger partial charge in [0, 0.05) is 0 Å². The summed E-state index contributed by atoms with van der Waals surface area (Å²) in [6, 6.07) is 7.98. The molecule has 50 valence electrons. The molecule has 1 rings (SSSR count). The molecule has 4 heteroatoms. The van der Waals surface area contributed by atoms with Gasteiger partial charge in [0.2, 0.25) is 17.7 Å². The maximum absolute atomic E-state index is 5.68. The molecule has 0 atom stereocenters. The van der Waals surface area contributed by atoms with Crippen LogP contribution in [0.1, 0.15) is 0 Å². The quantitative estimate of drug-likeness (QED) is 0.489. The van der Waals surface area contributed by atoms with Crippen LogP contribution in [0, 0.1) is 0 Å². The minimum atomic E-state index is 0.330. The molecule has 0 unspecified atom stereocenters. The zero-order valence-electron chi connectivity index (χ0n) is 5.07. The number of hydrogen-bond acceptors (Lipinski definition) is 0. The van der Waals surface area contributed by atoms with Crippen molar-refractivity contribution in [3.05, 3.63) is 24.3 Å². The van der Waals surface area contributed by atoms with E-state index >= 15 is 0 Å². The second kappa shape index (κ2) is 4.18. The minimum Gasteiger partial charge on any atom is -0.165 e. The minimum absolute atomic E-state index is 0.330. The van der Waals surface area contributed by atoms with Gasteiger partial charge in [-0.25, -0.2) is 0 Å². The van der Waals surface area contributed by atoms with E-state index in [0.717, 1.165) is 10.4 Å². The smallest absolute Gasteiger partial charge is 0.165 e. The first-order valence-electron chi connectivity index (χ1n) is 2.71. The summed E-state index contributed by atoms with van der Waals surface area (Å²) in [7, 11) is 0.661. The molecule has 0 aromatic heterocycles. The maximum atomic E-state index is 5.68. The van der Waals surface area contributed by atoms with Gasteiger partial charge in [-0.05, 0) is 10.4 Å². The fourth-order valence-electron chi connectivity index (χ4n) is 0.648. The Morgan fingerprint density at radius 2 is 1.30 bits per heavy atom. The Kier molecular flexibility index (Phi) is 3.48. The third kappa shape index (κ3) is 1.86. The molecule has 10 heavy (non-hydrogen) atoms. The molecule has 4 radical (unpaired) electrons. The molecule has 0 heterocycles. The molecule has 0 N–H and O–H groups in total. The van der Waals surface area contributed by atoms with Crippen molar-refractivity contribution >= 4 is 50.2 Å². The first kappa shape index (κ1) is 8.33. The number of hydrogen-bond donors (Lipinski definition) is 0. The molecular formula is C6H4Cl2Si2.